The van der Waals surface area contributed by atoms with Crippen molar-refractivity contribution in [1.29, 1.82) is 0 Å². The number of aromatic amines is 1. The highest BCUT2D eigenvalue weighted by molar-refractivity contribution is 5.99. The number of carbonyl (C=O) groups excluding carboxylic acids is 3. The van der Waals surface area contributed by atoms with Crippen molar-refractivity contribution in [2.75, 3.05) is 6.61 Å². The van der Waals surface area contributed by atoms with Crippen LogP contribution in [0.15, 0.2) is 0 Å². The molecule has 0 unspecified atom stereocenters. The number of ether oxygens (including phenoxy) is 2. The molecule has 0 aliphatic heterocycles. The molecule has 164 valence electrons. The van der Waals surface area contributed by atoms with E-state index in [0.29, 0.717) is 11.3 Å². The zero-order valence-electron chi connectivity index (χ0n) is 18.3. The van der Waals surface area contributed by atoms with Crippen molar-refractivity contribution in [3.63, 3.8) is 0 Å². The molecule has 0 aromatic carbocycles. The number of aryl methyl sites for hydroxylation is 1. The van der Waals surface area contributed by atoms with E-state index < -0.39 is 18.0 Å². The molecule has 0 saturated heterocycles. The van der Waals surface area contributed by atoms with Crippen LogP contribution < -0.4 is 5.32 Å². The Bertz CT molecular complexity index is 836. The molecule has 4 aliphatic carbocycles. The molecular formula is C23H32N2O5. The van der Waals surface area contributed by atoms with Gasteiger partial charge in [0, 0.05) is 11.2 Å². The Morgan fingerprint density at radius 3 is 2.17 bits per heavy atom. The summed E-state index contributed by atoms with van der Waals surface area (Å²) in [7, 11) is 0. The van der Waals surface area contributed by atoms with Crippen molar-refractivity contribution in [3.8, 4) is 0 Å². The summed E-state index contributed by atoms with van der Waals surface area (Å²) < 4.78 is 10.5. The Hall–Kier alpha value is -2.31. The normalized spacial score (nSPS) is 30.1. The first-order valence-electron chi connectivity index (χ1n) is 11.1. The van der Waals surface area contributed by atoms with Gasteiger partial charge in [0.2, 0.25) is 0 Å². The minimum Gasteiger partial charge on any atom is -0.461 e. The zero-order chi connectivity index (χ0) is 21.6. The van der Waals surface area contributed by atoms with Gasteiger partial charge in [0.15, 0.2) is 6.10 Å². The van der Waals surface area contributed by atoms with E-state index in [9.17, 15) is 14.4 Å². The lowest BCUT2D eigenvalue weighted by atomic mass is 9.53. The number of hydrogen-bond acceptors (Lipinski definition) is 5. The van der Waals surface area contributed by atoms with E-state index >= 15 is 0 Å². The summed E-state index contributed by atoms with van der Waals surface area (Å²) in [5.41, 5.74) is 1.40. The fourth-order valence-electron chi connectivity index (χ4n) is 6.36. The maximum Gasteiger partial charge on any atom is 0.355 e. The average molecular weight is 417 g/mol. The van der Waals surface area contributed by atoms with Gasteiger partial charge in [0.1, 0.15) is 5.69 Å². The van der Waals surface area contributed by atoms with E-state index in [0.717, 1.165) is 37.0 Å². The topological polar surface area (TPSA) is 97.5 Å². The molecule has 30 heavy (non-hydrogen) atoms. The Morgan fingerprint density at radius 2 is 1.63 bits per heavy atom. The number of esters is 2. The predicted molar refractivity (Wildman–Crippen MR) is 110 cm³/mol. The number of aromatic nitrogens is 1. The minimum absolute atomic E-state index is 0.122. The quantitative estimate of drug-likeness (QED) is 0.693. The van der Waals surface area contributed by atoms with E-state index in [1.807, 2.05) is 0 Å². The summed E-state index contributed by atoms with van der Waals surface area (Å²) >= 11 is 0. The molecule has 4 aliphatic rings. The molecule has 1 amide bonds. The summed E-state index contributed by atoms with van der Waals surface area (Å²) in [6, 6.07) is 0. The third kappa shape index (κ3) is 3.74. The van der Waals surface area contributed by atoms with Crippen molar-refractivity contribution in [2.24, 2.45) is 17.8 Å². The highest BCUT2D eigenvalue weighted by Crippen LogP contribution is 2.55. The summed E-state index contributed by atoms with van der Waals surface area (Å²) in [6.07, 6.45) is 6.14. The molecule has 4 fully saturated rings. The maximum atomic E-state index is 12.9. The SMILES string of the molecule is CCOC(=O)c1[nH]c(C)c(C(=O)O[C@H](C)C(=O)NC23CC4CC(CC(C4)C2)C3)c1C. The third-order valence-corrected chi connectivity index (χ3v) is 7.20. The first-order chi connectivity index (χ1) is 14.2. The molecular weight excluding hydrogens is 384 g/mol. The monoisotopic (exact) mass is 416 g/mol. The fourth-order valence-corrected chi connectivity index (χ4v) is 6.36. The molecule has 1 atom stereocenters. The highest BCUT2D eigenvalue weighted by atomic mass is 16.5. The van der Waals surface area contributed by atoms with Crippen LogP contribution in [0, 0.1) is 31.6 Å². The molecule has 2 N–H and O–H groups in total. The molecule has 4 bridgehead atoms. The summed E-state index contributed by atoms with van der Waals surface area (Å²) in [5.74, 6) is 0.819. The van der Waals surface area contributed by atoms with Crippen molar-refractivity contribution in [1.82, 2.24) is 10.3 Å². The Labute approximate surface area is 177 Å². The second kappa shape index (κ2) is 7.75. The van der Waals surface area contributed by atoms with Crippen LogP contribution in [0.2, 0.25) is 0 Å². The molecule has 0 spiro atoms. The highest BCUT2D eigenvalue weighted by Gasteiger charge is 2.51. The molecule has 1 aromatic rings. The molecule has 1 heterocycles. The third-order valence-electron chi connectivity index (χ3n) is 7.20. The van der Waals surface area contributed by atoms with Crippen LogP contribution in [-0.4, -0.2) is 41.1 Å². The average Bonchev–Trinajstić information content (AvgIpc) is 2.94. The minimum atomic E-state index is -0.898. The molecule has 7 nitrogen and oxygen atoms in total. The van der Waals surface area contributed by atoms with Crippen LogP contribution in [0.1, 0.15) is 84.5 Å². The first-order valence-corrected chi connectivity index (χ1v) is 11.1. The number of rotatable bonds is 6. The Balaban J connectivity index is 1.41. The predicted octanol–water partition coefficient (Wildman–Crippen LogP) is 3.44. The maximum absolute atomic E-state index is 12.9. The smallest absolute Gasteiger partial charge is 0.355 e. The van der Waals surface area contributed by atoms with Crippen LogP contribution >= 0.6 is 0 Å². The lowest BCUT2D eigenvalue weighted by molar-refractivity contribution is -0.134. The van der Waals surface area contributed by atoms with E-state index in [1.165, 1.54) is 19.3 Å². The van der Waals surface area contributed by atoms with Gasteiger partial charge in [-0.05, 0) is 89.5 Å². The van der Waals surface area contributed by atoms with Crippen LogP contribution in [0.5, 0.6) is 0 Å². The number of H-pyrrole nitrogens is 1. The van der Waals surface area contributed by atoms with Crippen molar-refractivity contribution in [2.45, 2.75) is 77.9 Å². The van der Waals surface area contributed by atoms with Crippen molar-refractivity contribution < 1.29 is 23.9 Å². The van der Waals surface area contributed by atoms with Gasteiger partial charge in [-0.3, -0.25) is 4.79 Å². The number of hydrogen-bond donors (Lipinski definition) is 2. The number of nitrogens with one attached hydrogen (secondary N) is 2. The fraction of sp³-hybridized carbons (Fsp3) is 0.696. The summed E-state index contributed by atoms with van der Waals surface area (Å²) in [6.45, 7) is 6.95. The first kappa shape index (κ1) is 20.9. The van der Waals surface area contributed by atoms with Crippen LogP contribution in [-0.2, 0) is 14.3 Å². The van der Waals surface area contributed by atoms with Gasteiger partial charge in [-0.25, -0.2) is 9.59 Å². The van der Waals surface area contributed by atoms with E-state index in [4.69, 9.17) is 9.47 Å². The second-order valence-corrected chi connectivity index (χ2v) is 9.58. The van der Waals surface area contributed by atoms with Gasteiger partial charge in [0.25, 0.3) is 5.91 Å². The summed E-state index contributed by atoms with van der Waals surface area (Å²) in [4.78, 5) is 40.7. The van der Waals surface area contributed by atoms with Gasteiger partial charge in [0.05, 0.1) is 12.2 Å². The Morgan fingerprint density at radius 1 is 1.07 bits per heavy atom. The van der Waals surface area contributed by atoms with Gasteiger partial charge < -0.3 is 19.8 Å². The van der Waals surface area contributed by atoms with Crippen molar-refractivity contribution >= 4 is 17.8 Å². The van der Waals surface area contributed by atoms with Crippen LogP contribution in [0.25, 0.3) is 0 Å². The number of carbonyl (C=O) groups is 3. The zero-order valence-corrected chi connectivity index (χ0v) is 18.3. The molecule has 5 rings (SSSR count). The van der Waals surface area contributed by atoms with Crippen molar-refractivity contribution in [3.05, 3.63) is 22.5 Å². The van der Waals surface area contributed by atoms with Gasteiger partial charge in [-0.2, -0.15) is 0 Å². The van der Waals surface area contributed by atoms with E-state index in [-0.39, 0.29) is 29.3 Å². The van der Waals surface area contributed by atoms with Gasteiger partial charge >= 0.3 is 11.9 Å². The Kier molecular flexibility index (Phi) is 5.41. The van der Waals surface area contributed by atoms with Gasteiger partial charge in [-0.1, -0.05) is 0 Å². The molecule has 7 heteroatoms. The van der Waals surface area contributed by atoms with Crippen LogP contribution in [0.3, 0.4) is 0 Å². The summed E-state index contributed by atoms with van der Waals surface area (Å²) in [5, 5.41) is 3.25. The number of amides is 1. The molecule has 1 aromatic heterocycles. The van der Waals surface area contributed by atoms with E-state index in [1.54, 1.807) is 27.7 Å². The van der Waals surface area contributed by atoms with Crippen LogP contribution in [0.4, 0.5) is 0 Å². The van der Waals surface area contributed by atoms with Gasteiger partial charge in [-0.15, -0.1) is 0 Å². The lowest BCUT2D eigenvalue weighted by Crippen LogP contribution is -2.61. The molecule has 0 radical (unpaired) electrons. The lowest BCUT2D eigenvalue weighted by Gasteiger charge is -2.57. The largest absolute Gasteiger partial charge is 0.461 e. The van der Waals surface area contributed by atoms with E-state index in [2.05, 4.69) is 10.3 Å². The molecule has 4 saturated carbocycles. The standard InChI is InChI=1S/C23H32N2O5/c1-5-29-22(28)19-12(2)18(13(3)24-19)21(27)30-14(4)20(26)25-23-9-15-6-16(10-23)8-17(7-15)11-23/h14-17,24H,5-11H2,1-4H3,(H,25,26)/t14-,15?,16?,17?,23?/m1/s1. The second-order valence-electron chi connectivity index (χ2n) is 9.58.